The minimum atomic E-state index is -0.0323. The zero-order valence-corrected chi connectivity index (χ0v) is 13.0. The molecule has 0 saturated heterocycles. The zero-order valence-electron chi connectivity index (χ0n) is 13.0. The van der Waals surface area contributed by atoms with Crippen LogP contribution in [0.25, 0.3) is 0 Å². The lowest BCUT2D eigenvalue weighted by Crippen LogP contribution is -2.39. The van der Waals surface area contributed by atoms with Crippen LogP contribution in [0, 0.1) is 0 Å². The molecule has 2 aromatic rings. The van der Waals surface area contributed by atoms with Gasteiger partial charge in [0.15, 0.2) is 0 Å². The van der Waals surface area contributed by atoms with E-state index in [0.717, 1.165) is 17.9 Å². The number of ether oxygens (including phenoxy) is 1. The van der Waals surface area contributed by atoms with Crippen LogP contribution in [0.5, 0.6) is 5.75 Å². The summed E-state index contributed by atoms with van der Waals surface area (Å²) < 4.78 is 7.00. The van der Waals surface area contributed by atoms with Gasteiger partial charge in [-0.05, 0) is 30.7 Å². The van der Waals surface area contributed by atoms with E-state index in [2.05, 4.69) is 15.7 Å². The van der Waals surface area contributed by atoms with Gasteiger partial charge in [-0.15, -0.1) is 0 Å². The number of carbonyl (C=O) groups excluding carboxylic acids is 1. The topological polar surface area (TPSA) is 68.2 Å². The molecule has 1 heterocycles. The van der Waals surface area contributed by atoms with Crippen molar-refractivity contribution in [3.63, 3.8) is 0 Å². The highest BCUT2D eigenvalue weighted by atomic mass is 16.5. The van der Waals surface area contributed by atoms with Crippen molar-refractivity contribution in [3.8, 4) is 5.75 Å². The monoisotopic (exact) mass is 302 g/mol. The Hall–Kier alpha value is -2.34. The van der Waals surface area contributed by atoms with Crippen molar-refractivity contribution in [1.82, 2.24) is 20.4 Å². The van der Waals surface area contributed by atoms with E-state index in [1.54, 1.807) is 13.3 Å². The van der Waals surface area contributed by atoms with E-state index < -0.39 is 0 Å². The van der Waals surface area contributed by atoms with E-state index in [-0.39, 0.29) is 18.5 Å². The lowest BCUT2D eigenvalue weighted by molar-refractivity contribution is -0.120. The highest BCUT2D eigenvalue weighted by Crippen LogP contribution is 2.11. The molecule has 1 aromatic carbocycles. The van der Waals surface area contributed by atoms with Crippen molar-refractivity contribution >= 4 is 5.91 Å². The van der Waals surface area contributed by atoms with Crippen LogP contribution in [0.1, 0.15) is 12.5 Å². The molecule has 2 rings (SSSR count). The maximum absolute atomic E-state index is 11.9. The molecule has 1 aromatic heterocycles. The molecule has 6 nitrogen and oxygen atoms in total. The predicted octanol–water partition coefficient (Wildman–Crippen LogP) is 1.19. The lowest BCUT2D eigenvalue weighted by atomic mass is 10.2. The SMILES string of the molecule is COc1cccc(CNC(=O)CN[C@@H](C)Cn2cccn2)c1. The molecule has 22 heavy (non-hydrogen) atoms. The van der Waals surface area contributed by atoms with Crippen LogP contribution in [0.15, 0.2) is 42.7 Å². The van der Waals surface area contributed by atoms with Gasteiger partial charge in [0.2, 0.25) is 5.91 Å². The molecule has 0 unspecified atom stereocenters. The predicted molar refractivity (Wildman–Crippen MR) is 84.5 cm³/mol. The number of rotatable bonds is 8. The highest BCUT2D eigenvalue weighted by molar-refractivity contribution is 5.78. The first-order chi connectivity index (χ1) is 10.7. The van der Waals surface area contributed by atoms with Gasteiger partial charge in [0.25, 0.3) is 0 Å². The standard InChI is InChI=1S/C16H22N4O2/c1-13(12-20-8-4-7-19-20)17-11-16(21)18-10-14-5-3-6-15(9-14)22-2/h3-9,13,17H,10-12H2,1-2H3,(H,18,21)/t13-/m0/s1. The Morgan fingerprint density at radius 2 is 2.27 bits per heavy atom. The molecule has 1 atom stereocenters. The zero-order chi connectivity index (χ0) is 15.8. The maximum atomic E-state index is 11.9. The number of hydrogen-bond donors (Lipinski definition) is 2. The Balaban J connectivity index is 1.69. The van der Waals surface area contributed by atoms with Crippen LogP contribution in [0.3, 0.4) is 0 Å². The van der Waals surface area contributed by atoms with Gasteiger partial charge in [-0.1, -0.05) is 12.1 Å². The van der Waals surface area contributed by atoms with Gasteiger partial charge in [-0.25, -0.2) is 0 Å². The fraction of sp³-hybridized carbons (Fsp3) is 0.375. The summed E-state index contributed by atoms with van der Waals surface area (Å²) in [6.07, 6.45) is 3.65. The van der Waals surface area contributed by atoms with Gasteiger partial charge in [0.1, 0.15) is 5.75 Å². The minimum absolute atomic E-state index is 0.0323. The molecular weight excluding hydrogens is 280 g/mol. The molecule has 0 aliphatic rings. The summed E-state index contributed by atoms with van der Waals surface area (Å²) in [6.45, 7) is 3.53. The summed E-state index contributed by atoms with van der Waals surface area (Å²) in [7, 11) is 1.63. The number of aromatic nitrogens is 2. The van der Waals surface area contributed by atoms with Gasteiger partial charge < -0.3 is 15.4 Å². The molecule has 0 spiro atoms. The third-order valence-electron chi connectivity index (χ3n) is 3.26. The van der Waals surface area contributed by atoms with Crippen LogP contribution in [-0.2, 0) is 17.9 Å². The summed E-state index contributed by atoms with van der Waals surface area (Å²) in [5.74, 6) is 0.757. The average molecular weight is 302 g/mol. The molecule has 118 valence electrons. The first-order valence-corrected chi connectivity index (χ1v) is 7.28. The minimum Gasteiger partial charge on any atom is -0.497 e. The molecule has 0 fully saturated rings. The summed E-state index contributed by atoms with van der Waals surface area (Å²) in [6, 6.07) is 9.70. The van der Waals surface area contributed by atoms with Crippen molar-refractivity contribution in [2.24, 2.45) is 0 Å². The summed E-state index contributed by atoms with van der Waals surface area (Å²) >= 11 is 0. The highest BCUT2D eigenvalue weighted by Gasteiger charge is 2.06. The smallest absolute Gasteiger partial charge is 0.234 e. The molecule has 0 saturated carbocycles. The second kappa shape index (κ2) is 8.19. The van der Waals surface area contributed by atoms with Crippen LogP contribution in [0.4, 0.5) is 0 Å². The number of methoxy groups -OCH3 is 1. The number of benzene rings is 1. The van der Waals surface area contributed by atoms with Crippen LogP contribution >= 0.6 is 0 Å². The molecule has 6 heteroatoms. The van der Waals surface area contributed by atoms with E-state index in [1.807, 2.05) is 48.1 Å². The normalized spacial score (nSPS) is 11.9. The molecule has 0 bridgehead atoms. The third-order valence-corrected chi connectivity index (χ3v) is 3.26. The van der Waals surface area contributed by atoms with E-state index in [1.165, 1.54) is 0 Å². The Morgan fingerprint density at radius 3 is 3.00 bits per heavy atom. The van der Waals surface area contributed by atoms with E-state index in [4.69, 9.17) is 4.74 Å². The average Bonchev–Trinajstić information content (AvgIpc) is 3.04. The second-order valence-electron chi connectivity index (χ2n) is 5.14. The third kappa shape index (κ3) is 5.21. The first kappa shape index (κ1) is 16.0. The van der Waals surface area contributed by atoms with Gasteiger partial charge in [0, 0.05) is 25.0 Å². The molecule has 0 radical (unpaired) electrons. The Kier molecular flexibility index (Phi) is 5.97. The Morgan fingerprint density at radius 1 is 1.41 bits per heavy atom. The largest absolute Gasteiger partial charge is 0.497 e. The lowest BCUT2D eigenvalue weighted by Gasteiger charge is -2.14. The number of hydrogen-bond acceptors (Lipinski definition) is 4. The molecule has 2 N–H and O–H groups in total. The summed E-state index contributed by atoms with van der Waals surface area (Å²) in [5.41, 5.74) is 1.01. The molecule has 0 aliphatic carbocycles. The van der Waals surface area contributed by atoms with Gasteiger partial charge >= 0.3 is 0 Å². The van der Waals surface area contributed by atoms with Gasteiger partial charge in [-0.2, -0.15) is 5.10 Å². The number of carbonyl (C=O) groups is 1. The van der Waals surface area contributed by atoms with E-state index in [0.29, 0.717) is 6.54 Å². The van der Waals surface area contributed by atoms with Crippen LogP contribution in [0.2, 0.25) is 0 Å². The van der Waals surface area contributed by atoms with Crippen molar-refractivity contribution < 1.29 is 9.53 Å². The fourth-order valence-electron chi connectivity index (χ4n) is 2.07. The van der Waals surface area contributed by atoms with Gasteiger partial charge in [0.05, 0.1) is 20.2 Å². The summed E-state index contributed by atoms with van der Waals surface area (Å²) in [4.78, 5) is 11.9. The van der Waals surface area contributed by atoms with E-state index >= 15 is 0 Å². The molecule has 1 amide bonds. The van der Waals surface area contributed by atoms with Crippen molar-refractivity contribution in [2.45, 2.75) is 26.1 Å². The first-order valence-electron chi connectivity index (χ1n) is 7.28. The molecular formula is C16H22N4O2. The van der Waals surface area contributed by atoms with E-state index in [9.17, 15) is 4.79 Å². The van der Waals surface area contributed by atoms with Gasteiger partial charge in [-0.3, -0.25) is 9.48 Å². The van der Waals surface area contributed by atoms with Crippen molar-refractivity contribution in [2.75, 3.05) is 13.7 Å². The fourth-order valence-corrected chi connectivity index (χ4v) is 2.07. The number of nitrogens with one attached hydrogen (secondary N) is 2. The second-order valence-corrected chi connectivity index (χ2v) is 5.14. The van der Waals surface area contributed by atoms with Crippen molar-refractivity contribution in [3.05, 3.63) is 48.3 Å². The van der Waals surface area contributed by atoms with Crippen molar-refractivity contribution in [1.29, 1.82) is 0 Å². The quantitative estimate of drug-likeness (QED) is 0.768. The van der Waals surface area contributed by atoms with Crippen LogP contribution < -0.4 is 15.4 Å². The Labute approximate surface area is 130 Å². The molecule has 0 aliphatic heterocycles. The number of amides is 1. The summed E-state index contributed by atoms with van der Waals surface area (Å²) in [5, 5.41) is 10.2. The number of nitrogens with zero attached hydrogens (tertiary/aromatic N) is 2. The van der Waals surface area contributed by atoms with Crippen LogP contribution in [-0.4, -0.2) is 35.4 Å². The maximum Gasteiger partial charge on any atom is 0.234 e. The Bertz CT molecular complexity index is 584.